The Bertz CT molecular complexity index is 266. The lowest BCUT2D eigenvalue weighted by atomic mass is 9.98. The third-order valence-corrected chi connectivity index (χ3v) is 2.59. The van der Waals surface area contributed by atoms with Crippen LogP contribution in [0.1, 0.15) is 24.5 Å². The normalized spacial score (nSPS) is 19.2. The molecule has 0 saturated heterocycles. The molecule has 12 heavy (non-hydrogen) atoms. The SMILES string of the molecule is CCC1(O)[CH]c2ccccc2C1. The van der Waals surface area contributed by atoms with Gasteiger partial charge in [-0.25, -0.2) is 0 Å². The van der Waals surface area contributed by atoms with E-state index >= 15 is 0 Å². The minimum absolute atomic E-state index is 0.580. The monoisotopic (exact) mass is 161 g/mol. The highest BCUT2D eigenvalue weighted by Gasteiger charge is 2.33. The summed E-state index contributed by atoms with van der Waals surface area (Å²) < 4.78 is 0. The quantitative estimate of drug-likeness (QED) is 0.667. The molecule has 0 spiro atoms. The first-order chi connectivity index (χ1) is 5.73. The van der Waals surface area contributed by atoms with Gasteiger partial charge < -0.3 is 5.11 Å². The predicted octanol–water partition coefficient (Wildman–Crippen LogP) is 1.94. The zero-order valence-corrected chi connectivity index (χ0v) is 7.25. The molecule has 1 aliphatic carbocycles. The van der Waals surface area contributed by atoms with Crippen molar-refractivity contribution in [3.63, 3.8) is 0 Å². The number of hydrogen-bond donors (Lipinski definition) is 1. The van der Waals surface area contributed by atoms with Crippen LogP contribution in [0.4, 0.5) is 0 Å². The first-order valence-electron chi connectivity index (χ1n) is 4.40. The predicted molar refractivity (Wildman–Crippen MR) is 48.8 cm³/mol. The highest BCUT2D eigenvalue weighted by molar-refractivity contribution is 5.42. The molecule has 2 rings (SSSR count). The number of aliphatic hydroxyl groups is 1. The molecule has 0 aliphatic heterocycles. The fourth-order valence-electron chi connectivity index (χ4n) is 1.73. The van der Waals surface area contributed by atoms with Crippen LogP contribution in [0.2, 0.25) is 0 Å². The first kappa shape index (κ1) is 7.81. The van der Waals surface area contributed by atoms with Gasteiger partial charge in [0.05, 0.1) is 5.60 Å². The highest BCUT2D eigenvalue weighted by Crippen LogP contribution is 2.33. The molecule has 0 bridgehead atoms. The standard InChI is InChI=1S/C11H13O/c1-2-11(12)7-9-5-3-4-6-10(9)8-11/h3-7,12H,2,8H2,1H3. The van der Waals surface area contributed by atoms with Crippen molar-refractivity contribution in [3.8, 4) is 0 Å². The fourth-order valence-corrected chi connectivity index (χ4v) is 1.73. The molecule has 1 aliphatic rings. The lowest BCUT2D eigenvalue weighted by molar-refractivity contribution is 0.0816. The minimum Gasteiger partial charge on any atom is -0.389 e. The summed E-state index contributed by atoms with van der Waals surface area (Å²) in [4.78, 5) is 0. The molecule has 0 aromatic heterocycles. The van der Waals surface area contributed by atoms with E-state index in [1.807, 2.05) is 25.5 Å². The molecule has 0 saturated carbocycles. The summed E-state index contributed by atoms with van der Waals surface area (Å²) in [6, 6.07) is 8.17. The van der Waals surface area contributed by atoms with Crippen LogP contribution < -0.4 is 0 Å². The summed E-state index contributed by atoms with van der Waals surface area (Å²) in [7, 11) is 0. The number of fused-ring (bicyclic) bond motifs is 1. The van der Waals surface area contributed by atoms with E-state index in [1.165, 1.54) is 11.1 Å². The van der Waals surface area contributed by atoms with Crippen molar-refractivity contribution < 1.29 is 5.11 Å². The van der Waals surface area contributed by atoms with E-state index in [1.54, 1.807) is 0 Å². The van der Waals surface area contributed by atoms with Crippen molar-refractivity contribution in [2.45, 2.75) is 25.4 Å². The minimum atomic E-state index is -0.580. The summed E-state index contributed by atoms with van der Waals surface area (Å²) in [5, 5.41) is 9.97. The van der Waals surface area contributed by atoms with Crippen LogP contribution in [0, 0.1) is 6.42 Å². The zero-order valence-electron chi connectivity index (χ0n) is 7.25. The van der Waals surface area contributed by atoms with E-state index in [4.69, 9.17) is 0 Å². The molecule has 63 valence electrons. The van der Waals surface area contributed by atoms with Crippen molar-refractivity contribution in [1.82, 2.24) is 0 Å². The summed E-state index contributed by atoms with van der Waals surface area (Å²) in [5.41, 5.74) is 1.88. The van der Waals surface area contributed by atoms with Crippen LogP contribution in [-0.2, 0) is 6.42 Å². The Morgan fingerprint density at radius 3 is 2.83 bits per heavy atom. The Balaban J connectivity index is 2.33. The van der Waals surface area contributed by atoms with Crippen LogP contribution in [0.3, 0.4) is 0 Å². The van der Waals surface area contributed by atoms with Crippen molar-refractivity contribution in [2.75, 3.05) is 0 Å². The van der Waals surface area contributed by atoms with Crippen molar-refractivity contribution >= 4 is 0 Å². The van der Waals surface area contributed by atoms with E-state index in [2.05, 4.69) is 12.1 Å². The molecule has 1 nitrogen and oxygen atoms in total. The van der Waals surface area contributed by atoms with Gasteiger partial charge in [0.1, 0.15) is 0 Å². The summed E-state index contributed by atoms with van der Waals surface area (Å²) in [6.45, 7) is 2.02. The molecule has 1 aromatic carbocycles. The third kappa shape index (κ3) is 1.14. The molecule has 0 heterocycles. The van der Waals surface area contributed by atoms with E-state index in [0.717, 1.165) is 12.8 Å². The maximum atomic E-state index is 9.97. The molecule has 1 heteroatoms. The van der Waals surface area contributed by atoms with Gasteiger partial charge in [0, 0.05) is 12.8 Å². The largest absolute Gasteiger partial charge is 0.389 e. The molecule has 1 atom stereocenters. The van der Waals surface area contributed by atoms with Crippen LogP contribution >= 0.6 is 0 Å². The van der Waals surface area contributed by atoms with Crippen molar-refractivity contribution in [1.29, 1.82) is 0 Å². The van der Waals surface area contributed by atoms with Crippen LogP contribution in [0.5, 0.6) is 0 Å². The van der Waals surface area contributed by atoms with E-state index in [-0.39, 0.29) is 0 Å². The number of hydrogen-bond acceptors (Lipinski definition) is 1. The molecule has 0 amide bonds. The van der Waals surface area contributed by atoms with E-state index < -0.39 is 5.60 Å². The Morgan fingerprint density at radius 2 is 2.17 bits per heavy atom. The second-order valence-electron chi connectivity index (χ2n) is 3.48. The molecule has 1 aromatic rings. The van der Waals surface area contributed by atoms with Gasteiger partial charge in [-0.15, -0.1) is 0 Å². The lowest BCUT2D eigenvalue weighted by Crippen LogP contribution is -2.26. The van der Waals surface area contributed by atoms with Gasteiger partial charge >= 0.3 is 0 Å². The Hall–Kier alpha value is -0.820. The van der Waals surface area contributed by atoms with E-state index in [0.29, 0.717) is 0 Å². The summed E-state index contributed by atoms with van der Waals surface area (Å²) >= 11 is 0. The molecule has 0 fully saturated rings. The van der Waals surface area contributed by atoms with Gasteiger partial charge in [-0.1, -0.05) is 31.2 Å². The third-order valence-electron chi connectivity index (χ3n) is 2.59. The Kier molecular flexibility index (Phi) is 1.69. The maximum absolute atomic E-state index is 9.97. The summed E-state index contributed by atoms with van der Waals surface area (Å²) in [5.74, 6) is 0. The summed E-state index contributed by atoms with van der Waals surface area (Å²) in [6.07, 6.45) is 3.55. The van der Waals surface area contributed by atoms with E-state index in [9.17, 15) is 5.11 Å². The second kappa shape index (κ2) is 2.60. The molecule has 1 N–H and O–H groups in total. The van der Waals surface area contributed by atoms with Crippen LogP contribution in [0.15, 0.2) is 24.3 Å². The van der Waals surface area contributed by atoms with Gasteiger partial charge in [0.2, 0.25) is 0 Å². The second-order valence-corrected chi connectivity index (χ2v) is 3.48. The van der Waals surface area contributed by atoms with Crippen molar-refractivity contribution in [2.24, 2.45) is 0 Å². The number of benzene rings is 1. The van der Waals surface area contributed by atoms with Crippen LogP contribution in [0.25, 0.3) is 0 Å². The van der Waals surface area contributed by atoms with Gasteiger partial charge in [-0.3, -0.25) is 0 Å². The topological polar surface area (TPSA) is 20.2 Å². The van der Waals surface area contributed by atoms with Crippen LogP contribution in [-0.4, -0.2) is 10.7 Å². The number of rotatable bonds is 1. The molecular weight excluding hydrogens is 148 g/mol. The van der Waals surface area contributed by atoms with Gasteiger partial charge in [0.15, 0.2) is 0 Å². The van der Waals surface area contributed by atoms with Gasteiger partial charge in [-0.2, -0.15) is 0 Å². The average molecular weight is 161 g/mol. The molecule has 1 radical (unpaired) electrons. The van der Waals surface area contributed by atoms with Crippen molar-refractivity contribution in [3.05, 3.63) is 41.8 Å². The zero-order chi connectivity index (χ0) is 8.60. The highest BCUT2D eigenvalue weighted by atomic mass is 16.3. The fraction of sp³-hybridized carbons (Fsp3) is 0.364. The van der Waals surface area contributed by atoms with Gasteiger partial charge in [-0.05, 0) is 17.5 Å². The molecular formula is C11H13O. The van der Waals surface area contributed by atoms with Gasteiger partial charge in [0.25, 0.3) is 0 Å². The average Bonchev–Trinajstić information content (AvgIpc) is 2.42. The smallest absolute Gasteiger partial charge is 0.0760 e. The molecule has 1 unspecified atom stereocenters. The Labute approximate surface area is 73.0 Å². The lowest BCUT2D eigenvalue weighted by Gasteiger charge is -2.18. The maximum Gasteiger partial charge on any atom is 0.0760 e. The first-order valence-corrected chi connectivity index (χ1v) is 4.40. The Morgan fingerprint density at radius 1 is 1.42 bits per heavy atom.